The van der Waals surface area contributed by atoms with Crippen molar-refractivity contribution in [3.63, 3.8) is 0 Å². The zero-order valence-corrected chi connectivity index (χ0v) is 10.4. The van der Waals surface area contributed by atoms with Crippen molar-refractivity contribution in [3.8, 4) is 0 Å². The number of aliphatic hydroxyl groups is 1. The molecule has 1 N–H and O–H groups in total. The van der Waals surface area contributed by atoms with Crippen LogP contribution in [0.5, 0.6) is 0 Å². The average Bonchev–Trinajstić information content (AvgIpc) is 2.95. The van der Waals surface area contributed by atoms with Gasteiger partial charge in [0.25, 0.3) is 0 Å². The number of nitrogens with zero attached hydrogens (tertiary/aromatic N) is 3. The maximum atomic E-state index is 11.9. The summed E-state index contributed by atoms with van der Waals surface area (Å²) in [6, 6.07) is -0.123. The fourth-order valence-corrected chi connectivity index (χ4v) is 2.22. The minimum Gasteiger partial charge on any atom is -0.389 e. The van der Waals surface area contributed by atoms with Crippen molar-refractivity contribution >= 4 is 17.5 Å². The lowest BCUT2D eigenvalue weighted by Gasteiger charge is -2.18. The number of likely N-dealkylation sites (tertiary alicyclic amines) is 1. The van der Waals surface area contributed by atoms with Crippen molar-refractivity contribution in [3.05, 3.63) is 18.7 Å². The highest BCUT2D eigenvalue weighted by molar-refractivity contribution is 6.30. The van der Waals surface area contributed by atoms with Gasteiger partial charge in [0, 0.05) is 25.5 Å². The molecule has 0 saturated carbocycles. The van der Waals surface area contributed by atoms with Crippen LogP contribution < -0.4 is 0 Å². The van der Waals surface area contributed by atoms with Gasteiger partial charge in [-0.2, -0.15) is 0 Å². The van der Waals surface area contributed by atoms with Gasteiger partial charge in [-0.05, 0) is 6.42 Å². The first-order valence-electron chi connectivity index (χ1n) is 5.71. The van der Waals surface area contributed by atoms with Gasteiger partial charge in [0.15, 0.2) is 0 Å². The molecule has 0 aliphatic carbocycles. The van der Waals surface area contributed by atoms with Crippen molar-refractivity contribution in [2.75, 3.05) is 13.1 Å². The van der Waals surface area contributed by atoms with Gasteiger partial charge >= 0.3 is 0 Å². The van der Waals surface area contributed by atoms with Crippen molar-refractivity contribution in [1.29, 1.82) is 0 Å². The van der Waals surface area contributed by atoms with E-state index in [2.05, 4.69) is 4.98 Å². The number of hydrogen-bond donors (Lipinski definition) is 1. The molecule has 1 aromatic rings. The number of aliphatic hydroxyl groups excluding tert-OH is 1. The molecule has 2 rings (SSSR count). The molecule has 0 radical (unpaired) electrons. The Morgan fingerprint density at radius 2 is 2.41 bits per heavy atom. The molecule has 3 atom stereocenters. The average molecular weight is 258 g/mol. The third-order valence-electron chi connectivity index (χ3n) is 3.10. The molecule has 0 spiro atoms. The number of alkyl halides is 1. The van der Waals surface area contributed by atoms with E-state index in [0.29, 0.717) is 19.5 Å². The van der Waals surface area contributed by atoms with Crippen LogP contribution in [0.15, 0.2) is 18.7 Å². The molecule has 1 aromatic heterocycles. The molecule has 94 valence electrons. The zero-order chi connectivity index (χ0) is 12.4. The number of β-amino-alcohol motifs (C(OH)–C–C–N with tert-alkyl or cyclic N) is 1. The summed E-state index contributed by atoms with van der Waals surface area (Å²) in [7, 11) is 0. The van der Waals surface area contributed by atoms with E-state index in [-0.39, 0.29) is 11.9 Å². The second kappa shape index (κ2) is 5.06. The van der Waals surface area contributed by atoms with Crippen LogP contribution in [0, 0.1) is 0 Å². The molecule has 17 heavy (non-hydrogen) atoms. The summed E-state index contributed by atoms with van der Waals surface area (Å²) in [6.07, 6.45) is 5.14. The first-order chi connectivity index (χ1) is 8.13. The summed E-state index contributed by atoms with van der Waals surface area (Å²) in [4.78, 5) is 17.5. The summed E-state index contributed by atoms with van der Waals surface area (Å²) in [5.74, 6) is -0.101. The first-order valence-corrected chi connectivity index (χ1v) is 6.15. The largest absolute Gasteiger partial charge is 0.389 e. The molecule has 1 saturated heterocycles. The Hall–Kier alpha value is -1.07. The predicted octanol–water partition coefficient (Wildman–Crippen LogP) is 0.645. The molecule has 1 amide bonds. The van der Waals surface area contributed by atoms with Gasteiger partial charge in [-0.3, -0.25) is 4.79 Å². The molecule has 2 heterocycles. The van der Waals surface area contributed by atoms with Crippen molar-refractivity contribution < 1.29 is 9.90 Å². The zero-order valence-electron chi connectivity index (χ0n) is 9.66. The van der Waals surface area contributed by atoms with Crippen LogP contribution in [-0.4, -0.2) is 50.0 Å². The molecule has 6 heteroatoms. The Labute approximate surface area is 105 Å². The van der Waals surface area contributed by atoms with E-state index >= 15 is 0 Å². The molecule has 1 aliphatic rings. The third kappa shape index (κ3) is 2.45. The molecule has 0 aromatic carbocycles. The van der Waals surface area contributed by atoms with Crippen LogP contribution in [0.25, 0.3) is 0 Å². The molecular weight excluding hydrogens is 242 g/mol. The van der Waals surface area contributed by atoms with Crippen LogP contribution in [-0.2, 0) is 4.79 Å². The quantitative estimate of drug-likeness (QED) is 0.809. The van der Waals surface area contributed by atoms with Crippen molar-refractivity contribution in [2.24, 2.45) is 0 Å². The van der Waals surface area contributed by atoms with Gasteiger partial charge in [-0.1, -0.05) is 6.92 Å². The van der Waals surface area contributed by atoms with E-state index in [4.69, 9.17) is 11.6 Å². The lowest BCUT2D eigenvalue weighted by Crippen LogP contribution is -2.35. The summed E-state index contributed by atoms with van der Waals surface area (Å²) in [5.41, 5.74) is 0. The summed E-state index contributed by atoms with van der Waals surface area (Å²) in [6.45, 7) is 2.69. The maximum Gasteiger partial charge on any atom is 0.240 e. The van der Waals surface area contributed by atoms with Crippen LogP contribution in [0.1, 0.15) is 19.4 Å². The number of halogens is 1. The number of aromatic nitrogens is 2. The fourth-order valence-electron chi connectivity index (χ4n) is 2.08. The number of rotatable bonds is 3. The van der Waals surface area contributed by atoms with Gasteiger partial charge < -0.3 is 14.6 Å². The summed E-state index contributed by atoms with van der Waals surface area (Å²) >= 11 is 5.92. The monoisotopic (exact) mass is 257 g/mol. The highest BCUT2D eigenvalue weighted by Crippen LogP contribution is 2.23. The van der Waals surface area contributed by atoms with Crippen molar-refractivity contribution in [2.45, 2.75) is 30.9 Å². The number of carbonyl (C=O) groups is 1. The van der Waals surface area contributed by atoms with Gasteiger partial charge in [-0.25, -0.2) is 4.98 Å². The highest BCUT2D eigenvalue weighted by Gasteiger charge is 2.36. The minimum atomic E-state index is -0.561. The highest BCUT2D eigenvalue weighted by atomic mass is 35.5. The molecule has 0 bridgehead atoms. The predicted molar refractivity (Wildman–Crippen MR) is 63.8 cm³/mol. The van der Waals surface area contributed by atoms with E-state index in [1.807, 2.05) is 11.5 Å². The fraction of sp³-hybridized carbons (Fsp3) is 0.636. The number of carbonyl (C=O) groups excluding carboxylic acids is 1. The van der Waals surface area contributed by atoms with Crippen LogP contribution in [0.4, 0.5) is 0 Å². The Bertz CT molecular complexity index is 382. The Morgan fingerprint density at radius 1 is 1.65 bits per heavy atom. The lowest BCUT2D eigenvalue weighted by atomic mass is 10.2. The maximum absolute atomic E-state index is 11.9. The van der Waals surface area contributed by atoms with Gasteiger partial charge in [0.2, 0.25) is 5.91 Å². The van der Waals surface area contributed by atoms with Crippen LogP contribution in [0.3, 0.4) is 0 Å². The second-order valence-electron chi connectivity index (χ2n) is 4.26. The number of amides is 1. The van der Waals surface area contributed by atoms with Crippen LogP contribution >= 0.6 is 11.6 Å². The molecule has 3 unspecified atom stereocenters. The molecule has 5 nitrogen and oxygen atoms in total. The third-order valence-corrected chi connectivity index (χ3v) is 3.60. The summed E-state index contributed by atoms with van der Waals surface area (Å²) in [5, 5.41) is 9.45. The SMILES string of the molecule is CCC(Cl)C(=O)N1CC(O)C(n2ccnc2)C1. The minimum absolute atomic E-state index is 0.101. The normalized spacial score (nSPS) is 26.2. The molecule has 1 fully saturated rings. The molecule has 1 aliphatic heterocycles. The van der Waals surface area contributed by atoms with Crippen molar-refractivity contribution in [1.82, 2.24) is 14.5 Å². The number of hydrogen-bond acceptors (Lipinski definition) is 3. The van der Waals surface area contributed by atoms with E-state index < -0.39 is 11.5 Å². The van der Waals surface area contributed by atoms with Gasteiger partial charge in [0.05, 0.1) is 18.5 Å². The first kappa shape index (κ1) is 12.4. The topological polar surface area (TPSA) is 58.4 Å². The Kier molecular flexibility index (Phi) is 3.69. The lowest BCUT2D eigenvalue weighted by molar-refractivity contribution is -0.130. The molecular formula is C11H16ClN3O2. The van der Waals surface area contributed by atoms with Gasteiger partial charge in [-0.15, -0.1) is 11.6 Å². The van der Waals surface area contributed by atoms with E-state index in [1.165, 1.54) is 0 Å². The van der Waals surface area contributed by atoms with Gasteiger partial charge in [0.1, 0.15) is 5.38 Å². The van der Waals surface area contributed by atoms with E-state index in [0.717, 1.165) is 0 Å². The van der Waals surface area contributed by atoms with Crippen LogP contribution in [0.2, 0.25) is 0 Å². The Balaban J connectivity index is 2.05. The smallest absolute Gasteiger partial charge is 0.240 e. The number of imidazole rings is 1. The van der Waals surface area contributed by atoms with E-state index in [9.17, 15) is 9.90 Å². The Morgan fingerprint density at radius 3 is 3.00 bits per heavy atom. The second-order valence-corrected chi connectivity index (χ2v) is 4.79. The van der Waals surface area contributed by atoms with E-state index in [1.54, 1.807) is 23.6 Å². The summed E-state index contributed by atoms with van der Waals surface area (Å²) < 4.78 is 1.83. The standard InChI is InChI=1S/C11H16ClN3O2/c1-2-8(12)11(17)15-5-9(10(16)6-15)14-4-3-13-7-14/h3-4,7-10,16H,2,5-6H2,1H3.